The van der Waals surface area contributed by atoms with Gasteiger partial charge in [-0.2, -0.15) is 0 Å². The van der Waals surface area contributed by atoms with E-state index in [2.05, 4.69) is 10.6 Å². The lowest BCUT2D eigenvalue weighted by Gasteiger charge is -2.18. The Labute approximate surface area is 211 Å². The fourth-order valence-corrected chi connectivity index (χ4v) is 3.97. The molecule has 3 aromatic rings. The van der Waals surface area contributed by atoms with Gasteiger partial charge in [0.2, 0.25) is 5.91 Å². The number of methoxy groups -OCH3 is 2. The third-order valence-corrected chi connectivity index (χ3v) is 5.80. The van der Waals surface area contributed by atoms with Crippen molar-refractivity contribution in [3.8, 4) is 23.0 Å². The van der Waals surface area contributed by atoms with E-state index in [1.807, 2.05) is 49.4 Å². The Hall–Kier alpha value is -3.75. The monoisotopic (exact) mass is 494 g/mol. The molecule has 0 fully saturated rings. The van der Waals surface area contributed by atoms with Gasteiger partial charge in [0.1, 0.15) is 11.5 Å². The summed E-state index contributed by atoms with van der Waals surface area (Å²) < 4.78 is 10.6. The molecule has 0 aliphatic rings. The summed E-state index contributed by atoms with van der Waals surface area (Å²) in [7, 11) is 3.16. The lowest BCUT2D eigenvalue weighted by Crippen LogP contribution is -2.32. The number of rotatable bonds is 12. The molecule has 0 unspecified atom stereocenters. The zero-order chi connectivity index (χ0) is 26.1. The van der Waals surface area contributed by atoms with Crippen molar-refractivity contribution in [3.05, 3.63) is 82.9 Å². The Balaban J connectivity index is 1.48. The number of phenols is 2. The number of aliphatic hydroxyl groups is 1. The smallest absolute Gasteiger partial charge is 0.224 e. The molecule has 0 spiro atoms. The zero-order valence-corrected chi connectivity index (χ0v) is 20.8. The minimum absolute atomic E-state index is 0.0553. The molecule has 3 aromatic carbocycles. The molecular weight excluding hydrogens is 460 g/mol. The van der Waals surface area contributed by atoms with Crippen LogP contribution < -0.4 is 20.1 Å². The lowest BCUT2D eigenvalue weighted by atomic mass is 10.0. The van der Waals surface area contributed by atoms with E-state index in [9.17, 15) is 20.1 Å². The first-order valence-electron chi connectivity index (χ1n) is 11.8. The molecular formula is C28H34N2O6. The molecule has 0 aliphatic heterocycles. The summed E-state index contributed by atoms with van der Waals surface area (Å²) in [6, 6.07) is 17.5. The predicted octanol–water partition coefficient (Wildman–Crippen LogP) is 3.23. The number of aromatic hydroxyl groups is 2. The molecule has 0 aliphatic carbocycles. The molecule has 8 nitrogen and oxygen atoms in total. The Bertz CT molecular complexity index is 1150. The van der Waals surface area contributed by atoms with Crippen LogP contribution in [0, 0.1) is 0 Å². The van der Waals surface area contributed by atoms with Gasteiger partial charge in [0.05, 0.1) is 26.7 Å². The molecule has 0 bridgehead atoms. The fourth-order valence-electron chi connectivity index (χ4n) is 3.97. The number of aliphatic hydroxyl groups excluding tert-OH is 1. The molecule has 0 saturated heterocycles. The molecule has 0 heterocycles. The van der Waals surface area contributed by atoms with Gasteiger partial charge in [-0.25, -0.2) is 0 Å². The minimum atomic E-state index is -0.869. The van der Waals surface area contributed by atoms with Crippen LogP contribution in [0.25, 0.3) is 0 Å². The van der Waals surface area contributed by atoms with Gasteiger partial charge in [-0.1, -0.05) is 30.3 Å². The molecule has 0 aromatic heterocycles. The van der Waals surface area contributed by atoms with Crippen molar-refractivity contribution in [2.45, 2.75) is 38.5 Å². The first-order chi connectivity index (χ1) is 17.3. The maximum absolute atomic E-state index is 12.5. The van der Waals surface area contributed by atoms with Crippen molar-refractivity contribution in [2.24, 2.45) is 0 Å². The van der Waals surface area contributed by atoms with Crippen LogP contribution in [-0.2, 0) is 24.2 Å². The van der Waals surface area contributed by atoms with Crippen LogP contribution in [0.2, 0.25) is 0 Å². The van der Waals surface area contributed by atoms with E-state index in [1.54, 1.807) is 14.2 Å². The van der Waals surface area contributed by atoms with Crippen LogP contribution in [0.5, 0.6) is 23.0 Å². The quantitative estimate of drug-likeness (QED) is 0.262. The maximum Gasteiger partial charge on any atom is 0.224 e. The topological polar surface area (TPSA) is 120 Å². The number of phenolic OH excluding ortho intramolecular Hbond substituents is 2. The van der Waals surface area contributed by atoms with Crippen molar-refractivity contribution in [1.82, 2.24) is 10.6 Å². The van der Waals surface area contributed by atoms with Crippen molar-refractivity contribution in [2.75, 3.05) is 20.8 Å². The van der Waals surface area contributed by atoms with Crippen LogP contribution in [-0.4, -0.2) is 48.0 Å². The Morgan fingerprint density at radius 2 is 1.58 bits per heavy atom. The summed E-state index contributed by atoms with van der Waals surface area (Å²) in [5.41, 5.74) is 3.34. The molecule has 8 heteroatoms. The number of ether oxygens (including phenoxy) is 2. The number of hydrogen-bond donors (Lipinski definition) is 5. The Kier molecular flexibility index (Phi) is 9.55. The molecule has 36 heavy (non-hydrogen) atoms. The van der Waals surface area contributed by atoms with Crippen molar-refractivity contribution >= 4 is 5.91 Å². The first kappa shape index (κ1) is 26.8. The SMILES string of the molecule is COc1ccc(CNC(=O)Cc2cccc(C[C@@H](C)NC[C@H](O)c3cc(O)cc(O)c3)c2)cc1OC. The van der Waals surface area contributed by atoms with E-state index in [4.69, 9.17) is 9.47 Å². The average molecular weight is 495 g/mol. The number of hydrogen-bond acceptors (Lipinski definition) is 7. The van der Waals surface area contributed by atoms with E-state index < -0.39 is 6.10 Å². The highest BCUT2D eigenvalue weighted by molar-refractivity contribution is 5.78. The molecule has 1 amide bonds. The first-order valence-corrected chi connectivity index (χ1v) is 11.8. The highest BCUT2D eigenvalue weighted by Crippen LogP contribution is 2.27. The second-order valence-corrected chi connectivity index (χ2v) is 8.77. The van der Waals surface area contributed by atoms with E-state index in [0.29, 0.717) is 30.0 Å². The highest BCUT2D eigenvalue weighted by atomic mass is 16.5. The van der Waals surface area contributed by atoms with Gasteiger partial charge >= 0.3 is 0 Å². The van der Waals surface area contributed by atoms with Crippen LogP contribution in [0.3, 0.4) is 0 Å². The van der Waals surface area contributed by atoms with Crippen LogP contribution in [0.4, 0.5) is 0 Å². The maximum atomic E-state index is 12.5. The van der Waals surface area contributed by atoms with Crippen molar-refractivity contribution in [1.29, 1.82) is 0 Å². The largest absolute Gasteiger partial charge is 0.508 e. The van der Waals surface area contributed by atoms with Crippen molar-refractivity contribution in [3.63, 3.8) is 0 Å². The minimum Gasteiger partial charge on any atom is -0.508 e. The lowest BCUT2D eigenvalue weighted by molar-refractivity contribution is -0.120. The number of carbonyl (C=O) groups is 1. The fraction of sp³-hybridized carbons (Fsp3) is 0.321. The zero-order valence-electron chi connectivity index (χ0n) is 20.8. The van der Waals surface area contributed by atoms with E-state index in [-0.39, 0.29) is 36.4 Å². The van der Waals surface area contributed by atoms with E-state index in [0.717, 1.165) is 16.7 Å². The van der Waals surface area contributed by atoms with Gasteiger partial charge in [-0.05, 0) is 59.9 Å². The summed E-state index contributed by atoms with van der Waals surface area (Å²) >= 11 is 0. The van der Waals surface area contributed by atoms with Crippen LogP contribution in [0.1, 0.15) is 35.3 Å². The molecule has 0 radical (unpaired) electrons. The number of amides is 1. The van der Waals surface area contributed by atoms with Gasteiger partial charge in [0.15, 0.2) is 11.5 Å². The molecule has 3 rings (SSSR count). The summed E-state index contributed by atoms with van der Waals surface area (Å²) in [5, 5.41) is 35.8. The number of benzene rings is 3. The van der Waals surface area contributed by atoms with Gasteiger partial charge < -0.3 is 35.4 Å². The standard InChI is InChI=1S/C28H34N2O6/c1-18(29-17-25(33)22-13-23(31)15-24(32)14-22)9-19-5-4-6-20(10-19)12-28(34)30-16-21-7-8-26(35-2)27(11-21)36-3/h4-8,10-11,13-15,18,25,29,31-33H,9,12,16-17H2,1-3H3,(H,30,34)/t18-,25+/m1/s1. The summed E-state index contributed by atoms with van der Waals surface area (Å²) in [6.07, 6.45) is 0.105. The van der Waals surface area contributed by atoms with E-state index >= 15 is 0 Å². The van der Waals surface area contributed by atoms with Crippen LogP contribution >= 0.6 is 0 Å². The number of nitrogens with one attached hydrogen (secondary N) is 2. The summed E-state index contributed by atoms with van der Waals surface area (Å²) in [4.78, 5) is 12.5. The molecule has 2 atom stereocenters. The third kappa shape index (κ3) is 7.90. The second-order valence-electron chi connectivity index (χ2n) is 8.77. The van der Waals surface area contributed by atoms with Gasteiger partial charge in [-0.3, -0.25) is 4.79 Å². The van der Waals surface area contributed by atoms with Crippen molar-refractivity contribution < 1.29 is 29.6 Å². The van der Waals surface area contributed by atoms with Crippen LogP contribution in [0.15, 0.2) is 60.7 Å². The van der Waals surface area contributed by atoms with Gasteiger partial charge in [0.25, 0.3) is 0 Å². The van der Waals surface area contributed by atoms with Gasteiger partial charge in [0, 0.05) is 25.2 Å². The van der Waals surface area contributed by atoms with E-state index in [1.165, 1.54) is 18.2 Å². The van der Waals surface area contributed by atoms with Gasteiger partial charge in [-0.15, -0.1) is 0 Å². The summed E-state index contributed by atoms with van der Waals surface area (Å²) in [5.74, 6) is 0.988. The predicted molar refractivity (Wildman–Crippen MR) is 137 cm³/mol. The molecule has 0 saturated carbocycles. The number of carbonyl (C=O) groups excluding carboxylic acids is 1. The Morgan fingerprint density at radius 3 is 2.28 bits per heavy atom. The highest BCUT2D eigenvalue weighted by Gasteiger charge is 2.13. The normalized spacial score (nSPS) is 12.6. The molecule has 192 valence electrons. The average Bonchev–Trinajstić information content (AvgIpc) is 2.85. The second kappa shape index (κ2) is 12.8. The Morgan fingerprint density at radius 1 is 0.889 bits per heavy atom. The third-order valence-electron chi connectivity index (χ3n) is 5.80. The molecule has 5 N–H and O–H groups in total. The summed E-state index contributed by atoms with van der Waals surface area (Å²) in [6.45, 7) is 2.66.